The zero-order chi connectivity index (χ0) is 19.3. The molecule has 0 aliphatic rings. The van der Waals surface area contributed by atoms with Crippen LogP contribution in [0.25, 0.3) is 6.08 Å². The number of amides is 1. The fourth-order valence-corrected chi connectivity index (χ4v) is 2.85. The second-order valence-electron chi connectivity index (χ2n) is 5.80. The Morgan fingerprint density at radius 3 is 2.15 bits per heavy atom. The van der Waals surface area contributed by atoms with Crippen molar-refractivity contribution in [2.45, 2.75) is 26.9 Å². The van der Waals surface area contributed by atoms with Crippen LogP contribution in [0.4, 0.5) is 5.69 Å². The molecule has 0 saturated carbocycles. The van der Waals surface area contributed by atoms with E-state index < -0.39 is 18.0 Å². The molecule has 4 nitrogen and oxygen atoms in total. The molecule has 1 N–H and O–H groups in total. The molecule has 2 aromatic carbocycles. The number of nitrogens with one attached hydrogen (secondary N) is 1. The van der Waals surface area contributed by atoms with Crippen LogP contribution in [0, 0.1) is 13.8 Å². The molecule has 0 unspecified atom stereocenters. The van der Waals surface area contributed by atoms with Gasteiger partial charge in [-0.15, -0.1) is 0 Å². The number of hydrogen-bond donors (Lipinski definition) is 1. The zero-order valence-corrected chi connectivity index (χ0v) is 16.2. The molecule has 0 bridgehead atoms. The van der Waals surface area contributed by atoms with Gasteiger partial charge in [0.15, 0.2) is 6.10 Å². The number of benzene rings is 2. The third-order valence-electron chi connectivity index (χ3n) is 3.78. The van der Waals surface area contributed by atoms with Gasteiger partial charge in [0.05, 0.1) is 0 Å². The molecule has 0 aliphatic carbocycles. The molecule has 0 fully saturated rings. The van der Waals surface area contributed by atoms with Gasteiger partial charge in [-0.2, -0.15) is 0 Å². The lowest BCUT2D eigenvalue weighted by molar-refractivity contribution is -0.148. The van der Waals surface area contributed by atoms with Crippen molar-refractivity contribution < 1.29 is 14.3 Å². The van der Waals surface area contributed by atoms with Crippen molar-refractivity contribution in [3.63, 3.8) is 0 Å². The lowest BCUT2D eigenvalue weighted by Gasteiger charge is -2.15. The van der Waals surface area contributed by atoms with Gasteiger partial charge in [0.1, 0.15) is 0 Å². The summed E-state index contributed by atoms with van der Waals surface area (Å²) in [6, 6.07) is 10.7. The summed E-state index contributed by atoms with van der Waals surface area (Å²) in [6.45, 7) is 5.31. The van der Waals surface area contributed by atoms with Gasteiger partial charge >= 0.3 is 5.97 Å². The van der Waals surface area contributed by atoms with E-state index in [1.54, 1.807) is 18.2 Å². The first-order valence-corrected chi connectivity index (χ1v) is 8.75. The Kier molecular flexibility index (Phi) is 6.83. The Hall–Kier alpha value is -2.30. The maximum absolute atomic E-state index is 12.3. The third-order valence-corrected chi connectivity index (χ3v) is 4.44. The number of aryl methyl sites for hydroxylation is 2. The predicted octanol–water partition coefficient (Wildman–Crippen LogP) is 5.19. The van der Waals surface area contributed by atoms with E-state index >= 15 is 0 Å². The van der Waals surface area contributed by atoms with E-state index in [2.05, 4.69) is 5.32 Å². The molecule has 26 heavy (non-hydrogen) atoms. The molecule has 0 spiro atoms. The first kappa shape index (κ1) is 20.0. The molecule has 136 valence electrons. The fourth-order valence-electron chi connectivity index (χ4n) is 2.32. The van der Waals surface area contributed by atoms with Crippen molar-refractivity contribution in [3.8, 4) is 0 Å². The Bertz CT molecular complexity index is 822. The predicted molar refractivity (Wildman–Crippen MR) is 106 cm³/mol. The van der Waals surface area contributed by atoms with Crippen LogP contribution < -0.4 is 5.32 Å². The van der Waals surface area contributed by atoms with E-state index in [1.165, 1.54) is 19.1 Å². The van der Waals surface area contributed by atoms with Gasteiger partial charge in [-0.05, 0) is 50.1 Å². The Balaban J connectivity index is 2.00. The summed E-state index contributed by atoms with van der Waals surface area (Å²) in [5.41, 5.74) is 3.11. The molecule has 2 aromatic rings. The first-order chi connectivity index (χ1) is 12.3. The van der Waals surface area contributed by atoms with Gasteiger partial charge in [-0.3, -0.25) is 4.79 Å². The molecule has 0 saturated heterocycles. The summed E-state index contributed by atoms with van der Waals surface area (Å²) in [6.07, 6.45) is 1.70. The minimum absolute atomic E-state index is 0.403. The fraction of sp³-hybridized carbons (Fsp3) is 0.200. The van der Waals surface area contributed by atoms with E-state index in [9.17, 15) is 9.59 Å². The molecule has 0 aromatic heterocycles. The maximum atomic E-state index is 12.3. The number of para-hydroxylation sites is 1. The van der Waals surface area contributed by atoms with Crippen LogP contribution in [-0.4, -0.2) is 18.0 Å². The second kappa shape index (κ2) is 8.88. The summed E-state index contributed by atoms with van der Waals surface area (Å²) in [4.78, 5) is 24.2. The van der Waals surface area contributed by atoms with Crippen LogP contribution in [-0.2, 0) is 14.3 Å². The average Bonchev–Trinajstić information content (AvgIpc) is 2.57. The molecule has 1 amide bonds. The lowest BCUT2D eigenvalue weighted by Crippen LogP contribution is -2.30. The van der Waals surface area contributed by atoms with Crippen LogP contribution in [0.3, 0.4) is 0 Å². The van der Waals surface area contributed by atoms with Gasteiger partial charge < -0.3 is 10.1 Å². The quantitative estimate of drug-likeness (QED) is 0.563. The zero-order valence-electron chi connectivity index (χ0n) is 14.7. The SMILES string of the molecule is Cc1cccc(C)c1NC(=O)[C@@H](C)OC(=O)/C=C/c1c(Cl)cccc1Cl. The van der Waals surface area contributed by atoms with Crippen molar-refractivity contribution in [2.24, 2.45) is 0 Å². The maximum Gasteiger partial charge on any atom is 0.331 e. The summed E-state index contributed by atoms with van der Waals surface area (Å²) < 4.78 is 5.14. The highest BCUT2D eigenvalue weighted by Gasteiger charge is 2.18. The number of carbonyl (C=O) groups is 2. The third kappa shape index (κ3) is 5.10. The summed E-state index contributed by atoms with van der Waals surface area (Å²) in [7, 11) is 0. The Morgan fingerprint density at radius 2 is 1.58 bits per heavy atom. The largest absolute Gasteiger partial charge is 0.449 e. The minimum Gasteiger partial charge on any atom is -0.449 e. The van der Waals surface area contributed by atoms with Crippen LogP contribution in [0.2, 0.25) is 10.0 Å². The highest BCUT2D eigenvalue weighted by molar-refractivity contribution is 6.37. The highest BCUT2D eigenvalue weighted by atomic mass is 35.5. The van der Waals surface area contributed by atoms with Gasteiger partial charge in [-0.25, -0.2) is 4.79 Å². The summed E-state index contributed by atoms with van der Waals surface area (Å²) >= 11 is 12.1. The number of carbonyl (C=O) groups excluding carboxylic acids is 2. The molecule has 2 rings (SSSR count). The van der Waals surface area contributed by atoms with Crippen molar-refractivity contribution in [1.29, 1.82) is 0 Å². The Morgan fingerprint density at radius 1 is 1.04 bits per heavy atom. The molecular weight excluding hydrogens is 373 g/mol. The average molecular weight is 392 g/mol. The van der Waals surface area contributed by atoms with Gasteiger partial charge in [0.2, 0.25) is 0 Å². The molecular formula is C20H19Cl2NO3. The normalized spacial score (nSPS) is 12.0. The van der Waals surface area contributed by atoms with Crippen LogP contribution >= 0.6 is 23.2 Å². The van der Waals surface area contributed by atoms with Crippen LogP contribution in [0.5, 0.6) is 0 Å². The number of esters is 1. The number of halogens is 2. The van der Waals surface area contributed by atoms with Crippen molar-refractivity contribution >= 4 is 46.8 Å². The number of rotatable bonds is 5. The van der Waals surface area contributed by atoms with Crippen molar-refractivity contribution in [2.75, 3.05) is 5.32 Å². The minimum atomic E-state index is -0.951. The lowest BCUT2D eigenvalue weighted by atomic mass is 10.1. The molecule has 0 aliphatic heterocycles. The van der Waals surface area contributed by atoms with E-state index in [-0.39, 0.29) is 0 Å². The molecule has 0 radical (unpaired) electrons. The topological polar surface area (TPSA) is 55.4 Å². The van der Waals surface area contributed by atoms with Gasteiger partial charge in [0, 0.05) is 27.4 Å². The van der Waals surface area contributed by atoms with Gasteiger partial charge in [-0.1, -0.05) is 47.5 Å². The van der Waals surface area contributed by atoms with Crippen molar-refractivity contribution in [3.05, 3.63) is 69.2 Å². The van der Waals surface area contributed by atoms with Crippen LogP contribution in [0.1, 0.15) is 23.6 Å². The van der Waals surface area contributed by atoms with Crippen LogP contribution in [0.15, 0.2) is 42.5 Å². The number of hydrogen-bond acceptors (Lipinski definition) is 3. The summed E-state index contributed by atoms with van der Waals surface area (Å²) in [5.74, 6) is -1.06. The first-order valence-electron chi connectivity index (χ1n) is 7.99. The van der Waals surface area contributed by atoms with E-state index in [0.29, 0.717) is 15.6 Å². The van der Waals surface area contributed by atoms with E-state index in [0.717, 1.165) is 16.8 Å². The monoisotopic (exact) mass is 391 g/mol. The second-order valence-corrected chi connectivity index (χ2v) is 6.62. The molecule has 6 heteroatoms. The van der Waals surface area contributed by atoms with E-state index in [1.807, 2.05) is 32.0 Å². The summed E-state index contributed by atoms with van der Waals surface area (Å²) in [5, 5.41) is 3.63. The molecule has 0 heterocycles. The standard InChI is InChI=1S/C20H19Cl2NO3/c1-12-6-4-7-13(2)19(12)23-20(25)14(3)26-18(24)11-10-15-16(21)8-5-9-17(15)22/h4-11,14H,1-3H3,(H,23,25)/b11-10+/t14-/m1/s1. The van der Waals surface area contributed by atoms with Gasteiger partial charge in [0.25, 0.3) is 5.91 Å². The Labute approximate surface area is 162 Å². The van der Waals surface area contributed by atoms with E-state index in [4.69, 9.17) is 27.9 Å². The smallest absolute Gasteiger partial charge is 0.331 e. The highest BCUT2D eigenvalue weighted by Crippen LogP contribution is 2.25. The molecule has 1 atom stereocenters. The number of anilines is 1. The van der Waals surface area contributed by atoms with Crippen molar-refractivity contribution in [1.82, 2.24) is 0 Å². The number of ether oxygens (including phenoxy) is 1.